The molecule has 2 amide bonds. The van der Waals surface area contributed by atoms with Crippen molar-refractivity contribution in [3.63, 3.8) is 0 Å². The van der Waals surface area contributed by atoms with Crippen molar-refractivity contribution in [3.8, 4) is 11.3 Å². The molecule has 1 aliphatic rings. The van der Waals surface area contributed by atoms with E-state index in [1.165, 1.54) is 0 Å². The summed E-state index contributed by atoms with van der Waals surface area (Å²) < 4.78 is 6.82. The molecule has 180 valence electrons. The van der Waals surface area contributed by atoms with Gasteiger partial charge in [0.2, 0.25) is 5.91 Å². The fourth-order valence-electron chi connectivity index (χ4n) is 4.20. The van der Waals surface area contributed by atoms with Gasteiger partial charge in [0.1, 0.15) is 0 Å². The Kier molecular flexibility index (Phi) is 7.87. The molecular formula is C25H32N6O3. The predicted octanol–water partition coefficient (Wildman–Crippen LogP) is 2.03. The molecule has 1 saturated heterocycles. The van der Waals surface area contributed by atoms with Crippen LogP contribution in [-0.2, 0) is 16.1 Å². The van der Waals surface area contributed by atoms with Crippen LogP contribution in [-0.4, -0.2) is 89.4 Å². The normalized spacial score (nSPS) is 14.5. The summed E-state index contributed by atoms with van der Waals surface area (Å²) in [6, 6.07) is 11.8. The Morgan fingerprint density at radius 1 is 1.12 bits per heavy atom. The minimum Gasteiger partial charge on any atom is -0.385 e. The highest BCUT2D eigenvalue weighted by Crippen LogP contribution is 2.26. The summed E-state index contributed by atoms with van der Waals surface area (Å²) in [5, 5.41) is 8.13. The fraction of sp³-hybridized carbons (Fsp3) is 0.440. The Labute approximate surface area is 199 Å². The first-order chi connectivity index (χ1) is 16.6. The number of carbonyl (C=O) groups excluding carboxylic acids is 2. The van der Waals surface area contributed by atoms with Crippen molar-refractivity contribution in [2.75, 3.05) is 53.0 Å². The molecule has 0 atom stereocenters. The molecule has 1 fully saturated rings. The third kappa shape index (κ3) is 5.43. The van der Waals surface area contributed by atoms with Gasteiger partial charge in [0.05, 0.1) is 29.4 Å². The molecule has 9 heteroatoms. The van der Waals surface area contributed by atoms with Crippen molar-refractivity contribution in [3.05, 3.63) is 48.2 Å². The Morgan fingerprint density at radius 3 is 2.59 bits per heavy atom. The number of hydrogen-bond acceptors (Lipinski definition) is 6. The maximum Gasteiger partial charge on any atom is 0.254 e. The van der Waals surface area contributed by atoms with Crippen molar-refractivity contribution < 1.29 is 14.3 Å². The number of pyridine rings is 1. The lowest BCUT2D eigenvalue weighted by Gasteiger charge is -2.34. The number of nitrogens with one attached hydrogen (secondary N) is 1. The highest BCUT2D eigenvalue weighted by molar-refractivity contribution is 6.06. The molecule has 1 aliphatic heterocycles. The lowest BCUT2D eigenvalue weighted by Crippen LogP contribution is -2.51. The molecular weight excluding hydrogens is 432 g/mol. The van der Waals surface area contributed by atoms with Crippen molar-refractivity contribution >= 4 is 22.8 Å². The topological polar surface area (TPSA) is 92.6 Å². The second-order valence-corrected chi connectivity index (χ2v) is 8.38. The number of fused-ring (bicyclic) bond motifs is 1. The maximum atomic E-state index is 13.6. The van der Waals surface area contributed by atoms with Crippen molar-refractivity contribution in [1.29, 1.82) is 0 Å². The number of ether oxygens (including phenoxy) is 1. The first-order valence-corrected chi connectivity index (χ1v) is 11.8. The van der Waals surface area contributed by atoms with Gasteiger partial charge < -0.3 is 15.0 Å². The zero-order valence-corrected chi connectivity index (χ0v) is 19.9. The number of aryl methyl sites for hydroxylation is 1. The molecule has 3 heterocycles. The number of methoxy groups -OCH3 is 1. The van der Waals surface area contributed by atoms with Crippen LogP contribution in [0.4, 0.5) is 0 Å². The molecule has 0 aliphatic carbocycles. The fourth-order valence-corrected chi connectivity index (χ4v) is 4.20. The van der Waals surface area contributed by atoms with Gasteiger partial charge in [-0.3, -0.25) is 14.5 Å². The molecule has 1 N–H and O–H groups in total. The van der Waals surface area contributed by atoms with E-state index >= 15 is 0 Å². The lowest BCUT2D eigenvalue weighted by molar-refractivity contribution is -0.122. The molecule has 2 aromatic heterocycles. The van der Waals surface area contributed by atoms with E-state index in [9.17, 15) is 9.59 Å². The third-order valence-corrected chi connectivity index (χ3v) is 6.08. The minimum atomic E-state index is -0.0242. The summed E-state index contributed by atoms with van der Waals surface area (Å²) in [6.45, 7) is 6.73. The summed E-state index contributed by atoms with van der Waals surface area (Å²) in [4.78, 5) is 34.5. The van der Waals surface area contributed by atoms with E-state index in [1.54, 1.807) is 13.3 Å². The van der Waals surface area contributed by atoms with E-state index in [4.69, 9.17) is 9.72 Å². The van der Waals surface area contributed by atoms with Crippen LogP contribution in [0.25, 0.3) is 22.3 Å². The van der Waals surface area contributed by atoms with Gasteiger partial charge in [0, 0.05) is 58.5 Å². The molecule has 9 nitrogen and oxygen atoms in total. The molecule has 0 saturated carbocycles. The van der Waals surface area contributed by atoms with Gasteiger partial charge in [-0.25, -0.2) is 9.67 Å². The molecule has 3 aromatic rings. The Hall–Kier alpha value is -3.30. The Morgan fingerprint density at radius 2 is 1.88 bits per heavy atom. The average molecular weight is 465 g/mol. The second-order valence-electron chi connectivity index (χ2n) is 8.38. The number of hydrogen-bond donors (Lipinski definition) is 1. The summed E-state index contributed by atoms with van der Waals surface area (Å²) >= 11 is 0. The third-order valence-electron chi connectivity index (χ3n) is 6.08. The van der Waals surface area contributed by atoms with Crippen LogP contribution < -0.4 is 5.32 Å². The van der Waals surface area contributed by atoms with Crippen LogP contribution >= 0.6 is 0 Å². The SMILES string of the molecule is CCn1ncc2c(C(=O)N3CCN(CC(=O)NCCCOC)CC3)cc(-c3ccccc3)nc21. The zero-order chi connectivity index (χ0) is 23.9. The van der Waals surface area contributed by atoms with Crippen molar-refractivity contribution in [1.82, 2.24) is 29.9 Å². The minimum absolute atomic E-state index is 0.00574. The molecule has 34 heavy (non-hydrogen) atoms. The largest absolute Gasteiger partial charge is 0.385 e. The van der Waals surface area contributed by atoms with Crippen LogP contribution in [0.5, 0.6) is 0 Å². The van der Waals surface area contributed by atoms with E-state index in [0.717, 1.165) is 28.7 Å². The molecule has 0 bridgehead atoms. The van der Waals surface area contributed by atoms with E-state index in [-0.39, 0.29) is 11.8 Å². The van der Waals surface area contributed by atoms with Gasteiger partial charge in [-0.2, -0.15) is 5.10 Å². The molecule has 1 aromatic carbocycles. The smallest absolute Gasteiger partial charge is 0.254 e. The summed E-state index contributed by atoms with van der Waals surface area (Å²) in [5.74, 6) is -0.0184. The monoisotopic (exact) mass is 464 g/mol. The van der Waals surface area contributed by atoms with Gasteiger partial charge in [-0.05, 0) is 19.4 Å². The van der Waals surface area contributed by atoms with Gasteiger partial charge in [-0.1, -0.05) is 30.3 Å². The predicted molar refractivity (Wildman–Crippen MR) is 130 cm³/mol. The Bertz CT molecular complexity index is 1120. The van der Waals surface area contributed by atoms with Crippen molar-refractivity contribution in [2.45, 2.75) is 19.9 Å². The van der Waals surface area contributed by atoms with Crippen LogP contribution in [0.2, 0.25) is 0 Å². The summed E-state index contributed by atoms with van der Waals surface area (Å²) in [6.07, 6.45) is 2.53. The number of amides is 2. The first kappa shape index (κ1) is 23.8. The molecule has 4 rings (SSSR count). The van der Waals surface area contributed by atoms with Crippen LogP contribution in [0, 0.1) is 0 Å². The van der Waals surface area contributed by atoms with Crippen molar-refractivity contribution in [2.24, 2.45) is 0 Å². The summed E-state index contributed by atoms with van der Waals surface area (Å²) in [5.41, 5.74) is 3.06. The number of carbonyl (C=O) groups is 2. The maximum absolute atomic E-state index is 13.6. The van der Waals surface area contributed by atoms with Gasteiger partial charge in [0.15, 0.2) is 5.65 Å². The number of rotatable bonds is 9. The van der Waals surface area contributed by atoms with Gasteiger partial charge in [0.25, 0.3) is 5.91 Å². The zero-order valence-electron chi connectivity index (χ0n) is 19.9. The summed E-state index contributed by atoms with van der Waals surface area (Å²) in [7, 11) is 1.65. The molecule has 0 radical (unpaired) electrons. The molecule has 0 unspecified atom stereocenters. The van der Waals surface area contributed by atoms with E-state index in [1.807, 2.05) is 52.9 Å². The first-order valence-electron chi connectivity index (χ1n) is 11.8. The number of aromatic nitrogens is 3. The van der Waals surface area contributed by atoms with E-state index in [2.05, 4.69) is 15.3 Å². The quantitative estimate of drug-likeness (QED) is 0.487. The second kappa shape index (κ2) is 11.2. The van der Waals surface area contributed by atoms with Crippen LogP contribution in [0.1, 0.15) is 23.7 Å². The van der Waals surface area contributed by atoms with Gasteiger partial charge >= 0.3 is 0 Å². The molecule has 0 spiro atoms. The van der Waals surface area contributed by atoms with Crippen LogP contribution in [0.15, 0.2) is 42.6 Å². The lowest BCUT2D eigenvalue weighted by atomic mass is 10.1. The number of nitrogens with zero attached hydrogens (tertiary/aromatic N) is 5. The standard InChI is InChI=1S/C25H32N6O3/c1-3-31-24-21(17-27-31)20(16-22(28-24)19-8-5-4-6-9-19)25(33)30-13-11-29(12-14-30)18-23(32)26-10-7-15-34-2/h4-6,8-9,16-17H,3,7,10-15,18H2,1-2H3,(H,26,32). The Balaban J connectivity index is 1.46. The number of piperazine rings is 1. The van der Waals surface area contributed by atoms with Gasteiger partial charge in [-0.15, -0.1) is 0 Å². The number of benzene rings is 1. The highest BCUT2D eigenvalue weighted by atomic mass is 16.5. The van der Waals surface area contributed by atoms with Crippen LogP contribution in [0.3, 0.4) is 0 Å². The van der Waals surface area contributed by atoms with E-state index < -0.39 is 0 Å². The van der Waals surface area contributed by atoms with E-state index in [0.29, 0.717) is 58.0 Å². The average Bonchev–Trinajstić information content (AvgIpc) is 3.30. The highest BCUT2D eigenvalue weighted by Gasteiger charge is 2.26.